The van der Waals surface area contributed by atoms with Gasteiger partial charge in [0.05, 0.1) is 16.4 Å². The van der Waals surface area contributed by atoms with Crippen LogP contribution < -0.4 is 5.32 Å². The Morgan fingerprint density at radius 1 is 1.13 bits per heavy atom. The Bertz CT molecular complexity index is 1020. The number of nitro groups is 1. The average Bonchev–Trinajstić information content (AvgIpc) is 2.74. The molecule has 0 aliphatic rings. The number of nitrogens with one attached hydrogen (secondary N) is 1. The van der Waals surface area contributed by atoms with E-state index in [2.05, 4.69) is 5.32 Å². The predicted octanol–water partition coefficient (Wildman–Crippen LogP) is 3.26. The Hall–Kier alpha value is -2.82. The number of carbonyl (C=O) groups excluding carboxylic acids is 1. The Kier molecular flexibility index (Phi) is 8.26. The summed E-state index contributed by atoms with van der Waals surface area (Å²) >= 11 is 0. The normalized spacial score (nSPS) is 12.7. The van der Waals surface area contributed by atoms with Gasteiger partial charge >= 0.3 is 0 Å². The van der Waals surface area contributed by atoms with Crippen molar-refractivity contribution in [1.82, 2.24) is 9.21 Å². The van der Waals surface area contributed by atoms with Crippen LogP contribution >= 0.6 is 0 Å². The smallest absolute Gasteiger partial charge is 0.269 e. The zero-order valence-corrected chi connectivity index (χ0v) is 18.9. The van der Waals surface area contributed by atoms with Gasteiger partial charge in [-0.1, -0.05) is 26.0 Å². The van der Waals surface area contributed by atoms with Crippen LogP contribution in [0.5, 0.6) is 0 Å². The van der Waals surface area contributed by atoms with Crippen LogP contribution in [-0.4, -0.2) is 55.1 Å². The molecule has 31 heavy (non-hydrogen) atoms. The van der Waals surface area contributed by atoms with Crippen molar-refractivity contribution < 1.29 is 18.1 Å². The first-order chi connectivity index (χ1) is 14.6. The van der Waals surface area contributed by atoms with Gasteiger partial charge in [-0.15, -0.1) is 0 Å². The Morgan fingerprint density at radius 3 is 2.29 bits per heavy atom. The fourth-order valence-electron chi connectivity index (χ4n) is 3.14. The summed E-state index contributed by atoms with van der Waals surface area (Å²) < 4.78 is 26.4. The highest BCUT2D eigenvalue weighted by Gasteiger charge is 2.21. The Balaban J connectivity index is 2.02. The summed E-state index contributed by atoms with van der Waals surface area (Å²) in [6.07, 6.45) is 0. The molecule has 0 aliphatic carbocycles. The molecule has 0 bridgehead atoms. The fourth-order valence-corrected chi connectivity index (χ4v) is 4.60. The van der Waals surface area contributed by atoms with Gasteiger partial charge in [0.2, 0.25) is 15.9 Å². The number of non-ortho nitro benzene ring substituents is 1. The quantitative estimate of drug-likeness (QED) is 0.441. The maximum Gasteiger partial charge on any atom is 0.269 e. The van der Waals surface area contributed by atoms with E-state index >= 15 is 0 Å². The molecule has 2 aromatic rings. The molecule has 0 heterocycles. The third kappa shape index (κ3) is 6.09. The molecule has 2 aromatic carbocycles. The number of amides is 1. The Labute approximate surface area is 182 Å². The zero-order chi connectivity index (χ0) is 23.2. The monoisotopic (exact) mass is 448 g/mol. The van der Waals surface area contributed by atoms with Gasteiger partial charge in [0.1, 0.15) is 0 Å². The molecule has 168 valence electrons. The number of hydrogen-bond donors (Lipinski definition) is 1. The van der Waals surface area contributed by atoms with Crippen LogP contribution in [0, 0.1) is 10.1 Å². The van der Waals surface area contributed by atoms with Crippen molar-refractivity contribution in [3.8, 4) is 0 Å². The first-order valence-electron chi connectivity index (χ1n) is 9.94. The third-order valence-corrected chi connectivity index (χ3v) is 7.16. The predicted molar refractivity (Wildman–Crippen MR) is 119 cm³/mol. The Morgan fingerprint density at radius 2 is 1.74 bits per heavy atom. The fraction of sp³-hybridized carbons (Fsp3) is 0.381. The molecule has 0 saturated carbocycles. The van der Waals surface area contributed by atoms with E-state index in [1.807, 2.05) is 6.92 Å². The van der Waals surface area contributed by atoms with Gasteiger partial charge in [0, 0.05) is 37.0 Å². The second-order valence-corrected chi connectivity index (χ2v) is 9.04. The second-order valence-electron chi connectivity index (χ2n) is 7.11. The number of carbonyl (C=O) groups is 1. The highest BCUT2D eigenvalue weighted by atomic mass is 32.2. The van der Waals surface area contributed by atoms with Crippen LogP contribution in [0.4, 0.5) is 11.4 Å². The van der Waals surface area contributed by atoms with E-state index in [1.54, 1.807) is 50.1 Å². The lowest BCUT2D eigenvalue weighted by Crippen LogP contribution is -2.32. The number of rotatable bonds is 10. The van der Waals surface area contributed by atoms with E-state index in [1.165, 1.54) is 28.6 Å². The van der Waals surface area contributed by atoms with Crippen LogP contribution in [0.1, 0.15) is 32.4 Å². The minimum Gasteiger partial charge on any atom is -0.325 e. The van der Waals surface area contributed by atoms with Crippen LogP contribution in [0.25, 0.3) is 0 Å². The van der Waals surface area contributed by atoms with Gasteiger partial charge in [-0.25, -0.2) is 8.42 Å². The number of sulfonamides is 1. The highest BCUT2D eigenvalue weighted by molar-refractivity contribution is 7.89. The average molecular weight is 449 g/mol. The summed E-state index contributed by atoms with van der Waals surface area (Å²) in [7, 11) is -1.80. The molecule has 1 unspecified atom stereocenters. The first kappa shape index (κ1) is 24.4. The van der Waals surface area contributed by atoms with Crippen molar-refractivity contribution in [2.24, 2.45) is 0 Å². The molecule has 0 fully saturated rings. The maximum atomic E-state index is 12.5. The summed E-state index contributed by atoms with van der Waals surface area (Å²) in [5, 5.41) is 13.7. The molecule has 0 radical (unpaired) electrons. The molecule has 0 spiro atoms. The summed E-state index contributed by atoms with van der Waals surface area (Å²) in [5.41, 5.74) is 1.22. The van der Waals surface area contributed by atoms with Gasteiger partial charge < -0.3 is 5.32 Å². The van der Waals surface area contributed by atoms with Gasteiger partial charge in [-0.05, 0) is 43.8 Å². The number of likely N-dealkylation sites (N-methyl/N-ethyl adjacent to an activating group) is 1. The third-order valence-electron chi connectivity index (χ3n) is 5.10. The van der Waals surface area contributed by atoms with E-state index in [4.69, 9.17) is 0 Å². The number of hydrogen-bond acceptors (Lipinski definition) is 6. The standard InChI is InChI=1S/C21H28N4O5S/c1-5-24(6-2)31(29,30)20-12-10-18(11-13-20)22-21(26)15-23(4)16(3)17-8-7-9-19(14-17)25(27)28/h7-14,16H,5-6,15H2,1-4H3,(H,22,26). The lowest BCUT2D eigenvalue weighted by Gasteiger charge is -2.24. The van der Waals surface area contributed by atoms with Crippen molar-refractivity contribution >= 4 is 27.3 Å². The topological polar surface area (TPSA) is 113 Å². The summed E-state index contributed by atoms with van der Waals surface area (Å²) in [6, 6.07) is 12.1. The molecular weight excluding hydrogens is 420 g/mol. The minimum absolute atomic E-state index is 0.00181. The molecule has 9 nitrogen and oxygen atoms in total. The molecule has 10 heteroatoms. The van der Waals surface area contributed by atoms with Crippen molar-refractivity contribution in [2.45, 2.75) is 31.7 Å². The van der Waals surface area contributed by atoms with Crippen LogP contribution in [0.2, 0.25) is 0 Å². The highest BCUT2D eigenvalue weighted by Crippen LogP contribution is 2.23. The van der Waals surface area contributed by atoms with E-state index in [9.17, 15) is 23.3 Å². The zero-order valence-electron chi connectivity index (χ0n) is 18.1. The lowest BCUT2D eigenvalue weighted by atomic mass is 10.1. The van der Waals surface area contributed by atoms with E-state index in [0.29, 0.717) is 18.8 Å². The van der Waals surface area contributed by atoms with Gasteiger partial charge in [0.15, 0.2) is 0 Å². The number of nitro benzene ring substituents is 1. The van der Waals surface area contributed by atoms with Gasteiger partial charge in [-0.2, -0.15) is 4.31 Å². The SMILES string of the molecule is CCN(CC)S(=O)(=O)c1ccc(NC(=O)CN(C)C(C)c2cccc([N+](=O)[O-])c2)cc1. The second kappa shape index (κ2) is 10.5. The van der Waals surface area contributed by atoms with E-state index < -0.39 is 14.9 Å². The summed E-state index contributed by atoms with van der Waals surface area (Å²) in [6.45, 7) is 6.24. The van der Waals surface area contributed by atoms with Crippen molar-refractivity contribution in [3.63, 3.8) is 0 Å². The van der Waals surface area contributed by atoms with Crippen LogP contribution in [-0.2, 0) is 14.8 Å². The molecular formula is C21H28N4O5S. The number of benzene rings is 2. The summed E-state index contributed by atoms with van der Waals surface area (Å²) in [5.74, 6) is -0.279. The van der Waals surface area contributed by atoms with Crippen molar-refractivity contribution in [3.05, 3.63) is 64.2 Å². The molecule has 0 aromatic heterocycles. The van der Waals surface area contributed by atoms with E-state index in [0.717, 1.165) is 5.56 Å². The molecule has 1 atom stereocenters. The van der Waals surface area contributed by atoms with Crippen LogP contribution in [0.15, 0.2) is 53.4 Å². The molecule has 1 amide bonds. The van der Waals surface area contributed by atoms with Crippen molar-refractivity contribution in [1.29, 1.82) is 0 Å². The largest absolute Gasteiger partial charge is 0.325 e. The molecule has 1 N–H and O–H groups in total. The lowest BCUT2D eigenvalue weighted by molar-refractivity contribution is -0.384. The number of nitrogens with zero attached hydrogens (tertiary/aromatic N) is 3. The van der Waals surface area contributed by atoms with Crippen molar-refractivity contribution in [2.75, 3.05) is 32.0 Å². The number of anilines is 1. The molecule has 0 saturated heterocycles. The maximum absolute atomic E-state index is 12.5. The van der Waals surface area contributed by atoms with Gasteiger partial charge in [-0.3, -0.25) is 19.8 Å². The first-order valence-corrected chi connectivity index (χ1v) is 11.4. The molecule has 0 aliphatic heterocycles. The van der Waals surface area contributed by atoms with Crippen LogP contribution in [0.3, 0.4) is 0 Å². The van der Waals surface area contributed by atoms with Gasteiger partial charge in [0.25, 0.3) is 5.69 Å². The molecule has 2 rings (SSSR count). The minimum atomic E-state index is -3.55. The summed E-state index contributed by atoms with van der Waals surface area (Å²) in [4.78, 5) is 24.9. The van der Waals surface area contributed by atoms with E-state index in [-0.39, 0.29) is 29.1 Å².